The molecule has 0 spiro atoms. The molecule has 0 bridgehead atoms. The minimum Gasteiger partial charge on any atom is -0.318 e. The van der Waals surface area contributed by atoms with Gasteiger partial charge in [-0.25, -0.2) is 0 Å². The summed E-state index contributed by atoms with van der Waals surface area (Å²) in [7, 11) is 0. The second kappa shape index (κ2) is 6.87. The molecule has 2 amide bonds. The summed E-state index contributed by atoms with van der Waals surface area (Å²) in [4.78, 5) is 24.1. The molecule has 0 saturated heterocycles. The molecular weight excluding hydrogens is 300 g/mol. The summed E-state index contributed by atoms with van der Waals surface area (Å²) in [6.45, 7) is 10.2. The van der Waals surface area contributed by atoms with Crippen LogP contribution in [0.2, 0.25) is 0 Å². The highest BCUT2D eigenvalue weighted by atomic mass is 16.2. The summed E-state index contributed by atoms with van der Waals surface area (Å²) < 4.78 is 0. The van der Waals surface area contributed by atoms with Crippen molar-refractivity contribution in [2.24, 2.45) is 0 Å². The molecule has 2 rings (SSSR count). The monoisotopic (exact) mass is 324 g/mol. The van der Waals surface area contributed by atoms with Gasteiger partial charge in [-0.05, 0) is 48.6 Å². The molecule has 2 N–H and O–H groups in total. The van der Waals surface area contributed by atoms with Crippen molar-refractivity contribution < 1.29 is 9.59 Å². The van der Waals surface area contributed by atoms with Gasteiger partial charge >= 0.3 is 11.8 Å². The maximum absolute atomic E-state index is 12.1. The van der Waals surface area contributed by atoms with Crippen molar-refractivity contribution >= 4 is 23.2 Å². The lowest BCUT2D eigenvalue weighted by Gasteiger charge is -2.19. The molecule has 0 aliphatic rings. The number of amides is 2. The number of aryl methyl sites for hydroxylation is 2. The standard InChI is InChI=1S/C20H24N2O2/c1-13-6-11-17(14(2)12-13)22-19(24)18(23)21-16-9-7-15(8-10-16)20(3,4)5/h6-12H,1-5H3,(H,21,23)(H,22,24). The number of benzene rings is 2. The van der Waals surface area contributed by atoms with Crippen LogP contribution in [0.3, 0.4) is 0 Å². The summed E-state index contributed by atoms with van der Waals surface area (Å²) >= 11 is 0. The quantitative estimate of drug-likeness (QED) is 0.814. The molecule has 0 saturated carbocycles. The van der Waals surface area contributed by atoms with E-state index in [2.05, 4.69) is 31.4 Å². The molecule has 4 heteroatoms. The second-order valence-corrected chi connectivity index (χ2v) is 7.05. The number of anilines is 2. The lowest BCUT2D eigenvalue weighted by atomic mass is 9.87. The van der Waals surface area contributed by atoms with E-state index in [-0.39, 0.29) is 5.41 Å². The Kier molecular flexibility index (Phi) is 5.07. The highest BCUT2D eigenvalue weighted by Crippen LogP contribution is 2.23. The molecule has 0 atom stereocenters. The number of nitrogens with one attached hydrogen (secondary N) is 2. The number of rotatable bonds is 2. The van der Waals surface area contributed by atoms with Crippen LogP contribution in [0.15, 0.2) is 42.5 Å². The average molecular weight is 324 g/mol. The predicted molar refractivity (Wildman–Crippen MR) is 98.3 cm³/mol. The average Bonchev–Trinajstić information content (AvgIpc) is 2.49. The first-order chi connectivity index (χ1) is 11.2. The van der Waals surface area contributed by atoms with E-state index in [4.69, 9.17) is 0 Å². The summed E-state index contributed by atoms with van der Waals surface area (Å²) in [6, 6.07) is 13.2. The van der Waals surface area contributed by atoms with E-state index in [1.807, 2.05) is 50.2 Å². The zero-order chi connectivity index (χ0) is 17.9. The number of hydrogen-bond donors (Lipinski definition) is 2. The van der Waals surface area contributed by atoms with Gasteiger partial charge in [0.2, 0.25) is 0 Å². The SMILES string of the molecule is Cc1ccc(NC(=O)C(=O)Nc2ccc(C(C)(C)C)cc2)c(C)c1. The van der Waals surface area contributed by atoms with E-state index < -0.39 is 11.8 Å². The number of hydrogen-bond acceptors (Lipinski definition) is 2. The Bertz CT molecular complexity index is 756. The first-order valence-corrected chi connectivity index (χ1v) is 7.97. The zero-order valence-corrected chi connectivity index (χ0v) is 14.9. The Morgan fingerprint density at radius 2 is 1.42 bits per heavy atom. The van der Waals surface area contributed by atoms with Gasteiger partial charge in [-0.1, -0.05) is 50.6 Å². The lowest BCUT2D eigenvalue weighted by molar-refractivity contribution is -0.133. The van der Waals surface area contributed by atoms with Gasteiger partial charge in [-0.15, -0.1) is 0 Å². The summed E-state index contributed by atoms with van der Waals surface area (Å²) in [5, 5.41) is 5.26. The molecule has 0 heterocycles. The molecule has 0 unspecified atom stereocenters. The Balaban J connectivity index is 2.02. The third kappa shape index (κ3) is 4.44. The van der Waals surface area contributed by atoms with Gasteiger partial charge in [0.25, 0.3) is 0 Å². The first kappa shape index (κ1) is 17.7. The normalized spacial score (nSPS) is 11.0. The largest absolute Gasteiger partial charge is 0.318 e. The molecule has 4 nitrogen and oxygen atoms in total. The highest BCUT2D eigenvalue weighted by molar-refractivity contribution is 6.43. The fraction of sp³-hybridized carbons (Fsp3) is 0.300. The molecule has 2 aromatic carbocycles. The second-order valence-electron chi connectivity index (χ2n) is 7.05. The van der Waals surface area contributed by atoms with Gasteiger partial charge in [0.05, 0.1) is 0 Å². The first-order valence-electron chi connectivity index (χ1n) is 7.97. The van der Waals surface area contributed by atoms with Gasteiger partial charge in [0, 0.05) is 11.4 Å². The van der Waals surface area contributed by atoms with Gasteiger partial charge < -0.3 is 10.6 Å². The van der Waals surface area contributed by atoms with Crippen LogP contribution in [0.1, 0.15) is 37.5 Å². The Morgan fingerprint density at radius 3 is 1.96 bits per heavy atom. The molecular formula is C20H24N2O2. The summed E-state index contributed by atoms with van der Waals surface area (Å²) in [5.41, 5.74) is 4.48. The number of carbonyl (C=O) groups excluding carboxylic acids is 2. The Hall–Kier alpha value is -2.62. The Morgan fingerprint density at radius 1 is 0.833 bits per heavy atom. The van der Waals surface area contributed by atoms with Crippen LogP contribution >= 0.6 is 0 Å². The van der Waals surface area contributed by atoms with Crippen LogP contribution in [-0.4, -0.2) is 11.8 Å². The van der Waals surface area contributed by atoms with Crippen LogP contribution in [0.4, 0.5) is 11.4 Å². The van der Waals surface area contributed by atoms with Crippen LogP contribution in [0, 0.1) is 13.8 Å². The van der Waals surface area contributed by atoms with E-state index in [1.165, 1.54) is 5.56 Å². The predicted octanol–water partition coefficient (Wildman–Crippen LogP) is 4.18. The van der Waals surface area contributed by atoms with Gasteiger partial charge in [-0.2, -0.15) is 0 Å². The Labute approximate surface area is 143 Å². The van der Waals surface area contributed by atoms with Crippen molar-refractivity contribution in [3.8, 4) is 0 Å². The summed E-state index contributed by atoms with van der Waals surface area (Å²) in [6.07, 6.45) is 0. The van der Waals surface area contributed by atoms with E-state index in [9.17, 15) is 9.59 Å². The van der Waals surface area contributed by atoms with Gasteiger partial charge in [0.1, 0.15) is 0 Å². The third-order valence-corrected chi connectivity index (χ3v) is 3.85. The van der Waals surface area contributed by atoms with E-state index >= 15 is 0 Å². The molecule has 0 aromatic heterocycles. The fourth-order valence-corrected chi connectivity index (χ4v) is 2.37. The van der Waals surface area contributed by atoms with Crippen LogP contribution in [-0.2, 0) is 15.0 Å². The van der Waals surface area contributed by atoms with Crippen LogP contribution in [0.25, 0.3) is 0 Å². The van der Waals surface area contributed by atoms with Crippen molar-refractivity contribution in [2.75, 3.05) is 10.6 Å². The minimum atomic E-state index is -0.682. The van der Waals surface area contributed by atoms with Crippen molar-refractivity contribution in [1.29, 1.82) is 0 Å². The topological polar surface area (TPSA) is 58.2 Å². The van der Waals surface area contributed by atoms with E-state index in [0.29, 0.717) is 11.4 Å². The molecule has 2 aromatic rings. The maximum Gasteiger partial charge on any atom is 0.314 e. The summed E-state index contributed by atoms with van der Waals surface area (Å²) in [5.74, 6) is -1.36. The molecule has 126 valence electrons. The van der Waals surface area contributed by atoms with E-state index in [0.717, 1.165) is 11.1 Å². The molecule has 0 fully saturated rings. The molecule has 24 heavy (non-hydrogen) atoms. The van der Waals surface area contributed by atoms with Crippen molar-refractivity contribution in [3.05, 3.63) is 59.2 Å². The maximum atomic E-state index is 12.1. The lowest BCUT2D eigenvalue weighted by Crippen LogP contribution is -2.29. The molecule has 0 aliphatic heterocycles. The highest BCUT2D eigenvalue weighted by Gasteiger charge is 2.16. The van der Waals surface area contributed by atoms with Crippen molar-refractivity contribution in [2.45, 2.75) is 40.0 Å². The smallest absolute Gasteiger partial charge is 0.314 e. The fourth-order valence-electron chi connectivity index (χ4n) is 2.37. The number of carbonyl (C=O) groups is 2. The van der Waals surface area contributed by atoms with Gasteiger partial charge in [-0.3, -0.25) is 9.59 Å². The zero-order valence-electron chi connectivity index (χ0n) is 14.9. The van der Waals surface area contributed by atoms with Crippen molar-refractivity contribution in [1.82, 2.24) is 0 Å². The van der Waals surface area contributed by atoms with Crippen molar-refractivity contribution in [3.63, 3.8) is 0 Å². The van der Waals surface area contributed by atoms with Crippen LogP contribution in [0.5, 0.6) is 0 Å². The molecule has 0 radical (unpaired) electrons. The van der Waals surface area contributed by atoms with Gasteiger partial charge in [0.15, 0.2) is 0 Å². The van der Waals surface area contributed by atoms with Crippen LogP contribution < -0.4 is 10.6 Å². The molecule has 0 aliphatic carbocycles. The minimum absolute atomic E-state index is 0.0445. The van der Waals surface area contributed by atoms with E-state index in [1.54, 1.807) is 6.07 Å². The third-order valence-electron chi connectivity index (χ3n) is 3.85.